The number of carbonyl (C=O) groups excluding carboxylic acids is 1. The average molecular weight is 298 g/mol. The maximum Gasteiger partial charge on any atom is 0.233 e. The molecule has 1 aromatic rings. The average Bonchev–Trinajstić information content (AvgIpc) is 2.36. The van der Waals surface area contributed by atoms with E-state index in [1.165, 1.54) is 5.56 Å². The molecule has 1 N–H and O–H groups in total. The number of hydrogen-bond acceptors (Lipinski definition) is 1. The molecule has 0 aromatic heterocycles. The second-order valence-electron chi connectivity index (χ2n) is 4.84. The molecule has 0 spiro atoms. The second-order valence-corrected chi connectivity index (χ2v) is 5.95. The lowest BCUT2D eigenvalue weighted by atomic mass is 9.84. The Kier molecular flexibility index (Phi) is 5.19. The first kappa shape index (κ1) is 14.2. The van der Waals surface area contributed by atoms with E-state index in [-0.39, 0.29) is 16.1 Å². The van der Waals surface area contributed by atoms with Gasteiger partial charge in [0, 0.05) is 12.0 Å². The van der Waals surface area contributed by atoms with Crippen LogP contribution in [0, 0.1) is 0 Å². The Hall–Kier alpha value is -0.830. The third kappa shape index (κ3) is 4.15. The summed E-state index contributed by atoms with van der Waals surface area (Å²) >= 11 is 3.35. The quantitative estimate of drug-likeness (QED) is 0.831. The van der Waals surface area contributed by atoms with Crippen LogP contribution in [0.1, 0.15) is 32.8 Å². The monoisotopic (exact) mass is 297 g/mol. The lowest BCUT2D eigenvalue weighted by molar-refractivity contribution is -0.120. The first-order chi connectivity index (χ1) is 7.97. The van der Waals surface area contributed by atoms with Crippen molar-refractivity contribution in [3.8, 4) is 0 Å². The highest BCUT2D eigenvalue weighted by Crippen LogP contribution is 2.21. The number of hydrogen-bond donors (Lipinski definition) is 1. The minimum atomic E-state index is -0.0888. The van der Waals surface area contributed by atoms with Crippen LogP contribution in [0.15, 0.2) is 30.3 Å². The third-order valence-electron chi connectivity index (χ3n) is 2.90. The van der Waals surface area contributed by atoms with Gasteiger partial charge in [-0.15, -0.1) is 0 Å². The first-order valence-electron chi connectivity index (χ1n) is 5.94. The van der Waals surface area contributed by atoms with Gasteiger partial charge in [-0.2, -0.15) is 0 Å². The summed E-state index contributed by atoms with van der Waals surface area (Å²) in [6.45, 7) is 6.91. The number of halogens is 1. The van der Waals surface area contributed by atoms with Gasteiger partial charge in [0.1, 0.15) is 0 Å². The highest BCUT2D eigenvalue weighted by Gasteiger charge is 2.22. The molecule has 1 amide bonds. The minimum absolute atomic E-state index is 0.0443. The molecule has 0 aliphatic rings. The summed E-state index contributed by atoms with van der Waals surface area (Å²) in [7, 11) is 0. The topological polar surface area (TPSA) is 29.1 Å². The van der Waals surface area contributed by atoms with Crippen LogP contribution in [0.5, 0.6) is 0 Å². The molecule has 0 aliphatic carbocycles. The van der Waals surface area contributed by atoms with E-state index in [2.05, 4.69) is 47.2 Å². The lowest BCUT2D eigenvalue weighted by Crippen LogP contribution is -2.39. The van der Waals surface area contributed by atoms with Crippen LogP contribution in [-0.2, 0) is 10.2 Å². The Morgan fingerprint density at radius 1 is 1.35 bits per heavy atom. The number of amides is 1. The molecule has 0 radical (unpaired) electrons. The molecule has 1 atom stereocenters. The van der Waals surface area contributed by atoms with Crippen molar-refractivity contribution in [2.24, 2.45) is 0 Å². The second kappa shape index (κ2) is 6.20. The number of rotatable bonds is 5. The molecule has 0 bridgehead atoms. The van der Waals surface area contributed by atoms with Crippen molar-refractivity contribution in [2.45, 2.75) is 37.4 Å². The Morgan fingerprint density at radius 3 is 2.47 bits per heavy atom. The van der Waals surface area contributed by atoms with Crippen LogP contribution in [0.4, 0.5) is 0 Å². The van der Waals surface area contributed by atoms with E-state index in [0.29, 0.717) is 6.54 Å². The lowest BCUT2D eigenvalue weighted by Gasteiger charge is -2.26. The van der Waals surface area contributed by atoms with E-state index >= 15 is 0 Å². The van der Waals surface area contributed by atoms with Crippen molar-refractivity contribution in [3.63, 3.8) is 0 Å². The zero-order valence-corrected chi connectivity index (χ0v) is 12.3. The maximum atomic E-state index is 11.7. The normalized spacial score (nSPS) is 13.2. The Balaban J connectivity index is 2.59. The van der Waals surface area contributed by atoms with Gasteiger partial charge in [-0.05, 0) is 12.0 Å². The standard InChI is InChI=1S/C14H20BrNO/c1-4-12(15)13(17)16-10-14(2,3)11-8-6-5-7-9-11/h5-9,12H,4,10H2,1-3H3,(H,16,17). The zero-order chi connectivity index (χ0) is 12.9. The van der Waals surface area contributed by atoms with Gasteiger partial charge in [-0.1, -0.05) is 67.0 Å². The molecule has 0 saturated heterocycles. The van der Waals surface area contributed by atoms with Crippen LogP contribution in [-0.4, -0.2) is 17.3 Å². The summed E-state index contributed by atoms with van der Waals surface area (Å²) in [5.74, 6) is 0.0662. The molecule has 0 aliphatic heterocycles. The van der Waals surface area contributed by atoms with Gasteiger partial charge in [-0.25, -0.2) is 0 Å². The molecule has 2 nitrogen and oxygen atoms in total. The maximum absolute atomic E-state index is 11.7. The van der Waals surface area contributed by atoms with Crippen LogP contribution in [0.2, 0.25) is 0 Å². The number of benzene rings is 1. The van der Waals surface area contributed by atoms with Crippen LogP contribution in [0.25, 0.3) is 0 Å². The molecule has 0 heterocycles. The first-order valence-corrected chi connectivity index (χ1v) is 6.86. The van der Waals surface area contributed by atoms with Crippen molar-refractivity contribution in [1.82, 2.24) is 5.32 Å². The molecular formula is C14H20BrNO. The highest BCUT2D eigenvalue weighted by molar-refractivity contribution is 9.10. The molecule has 17 heavy (non-hydrogen) atoms. The van der Waals surface area contributed by atoms with Gasteiger partial charge >= 0.3 is 0 Å². The predicted molar refractivity (Wildman–Crippen MR) is 75.5 cm³/mol. The summed E-state index contributed by atoms with van der Waals surface area (Å²) in [6, 6.07) is 10.2. The van der Waals surface area contributed by atoms with E-state index in [4.69, 9.17) is 0 Å². The molecular weight excluding hydrogens is 278 g/mol. The molecule has 0 saturated carbocycles. The van der Waals surface area contributed by atoms with Gasteiger partial charge in [-0.3, -0.25) is 4.79 Å². The number of nitrogens with one attached hydrogen (secondary N) is 1. The minimum Gasteiger partial charge on any atom is -0.354 e. The van der Waals surface area contributed by atoms with Crippen molar-refractivity contribution in [1.29, 1.82) is 0 Å². The summed E-state index contributed by atoms with van der Waals surface area (Å²) in [6.07, 6.45) is 0.803. The summed E-state index contributed by atoms with van der Waals surface area (Å²) < 4.78 is 0. The van der Waals surface area contributed by atoms with Crippen molar-refractivity contribution >= 4 is 21.8 Å². The molecule has 94 valence electrons. The Morgan fingerprint density at radius 2 is 1.94 bits per heavy atom. The predicted octanol–water partition coefficient (Wildman–Crippen LogP) is 3.25. The third-order valence-corrected chi connectivity index (χ3v) is 3.97. The van der Waals surface area contributed by atoms with Gasteiger partial charge in [0.05, 0.1) is 4.83 Å². The van der Waals surface area contributed by atoms with E-state index in [0.717, 1.165) is 6.42 Å². The van der Waals surface area contributed by atoms with Gasteiger partial charge in [0.25, 0.3) is 0 Å². The van der Waals surface area contributed by atoms with Crippen LogP contribution < -0.4 is 5.32 Å². The smallest absolute Gasteiger partial charge is 0.233 e. The Bertz CT molecular complexity index is 362. The summed E-state index contributed by atoms with van der Waals surface area (Å²) in [4.78, 5) is 11.6. The SMILES string of the molecule is CCC(Br)C(=O)NCC(C)(C)c1ccccc1. The van der Waals surface area contributed by atoms with Crippen LogP contribution in [0.3, 0.4) is 0 Å². The number of alkyl halides is 1. The fourth-order valence-corrected chi connectivity index (χ4v) is 1.76. The fourth-order valence-electron chi connectivity index (χ4n) is 1.60. The fraction of sp³-hybridized carbons (Fsp3) is 0.500. The molecule has 0 fully saturated rings. The summed E-state index contributed by atoms with van der Waals surface area (Å²) in [5.41, 5.74) is 1.19. The van der Waals surface area contributed by atoms with Crippen molar-refractivity contribution < 1.29 is 4.79 Å². The van der Waals surface area contributed by atoms with Crippen molar-refractivity contribution in [3.05, 3.63) is 35.9 Å². The Labute approximate surface area is 112 Å². The van der Waals surface area contributed by atoms with Gasteiger partial charge in [0.15, 0.2) is 0 Å². The van der Waals surface area contributed by atoms with Crippen molar-refractivity contribution in [2.75, 3.05) is 6.54 Å². The number of carbonyl (C=O) groups is 1. The molecule has 1 unspecified atom stereocenters. The molecule has 3 heteroatoms. The van der Waals surface area contributed by atoms with E-state index in [9.17, 15) is 4.79 Å². The van der Waals surface area contributed by atoms with E-state index < -0.39 is 0 Å². The van der Waals surface area contributed by atoms with Gasteiger partial charge in [0.2, 0.25) is 5.91 Å². The summed E-state index contributed by atoms with van der Waals surface area (Å²) in [5, 5.41) is 2.99. The highest BCUT2D eigenvalue weighted by atomic mass is 79.9. The molecule has 1 aromatic carbocycles. The van der Waals surface area contributed by atoms with E-state index in [1.807, 2.05) is 25.1 Å². The van der Waals surface area contributed by atoms with Crippen LogP contribution >= 0.6 is 15.9 Å². The van der Waals surface area contributed by atoms with Gasteiger partial charge < -0.3 is 5.32 Å². The van der Waals surface area contributed by atoms with E-state index in [1.54, 1.807) is 0 Å². The zero-order valence-electron chi connectivity index (χ0n) is 10.7. The molecule has 1 rings (SSSR count). The largest absolute Gasteiger partial charge is 0.354 e.